The zero-order chi connectivity index (χ0) is 14.7. The molecule has 0 radical (unpaired) electrons. The smallest absolute Gasteiger partial charge is 0.267 e. The average molecular weight is 299 g/mol. The van der Waals surface area contributed by atoms with Gasteiger partial charge < -0.3 is 8.99 Å². The van der Waals surface area contributed by atoms with Crippen LogP contribution < -0.4 is 0 Å². The second kappa shape index (κ2) is 10.5. The third kappa shape index (κ3) is 6.51. The lowest BCUT2D eigenvalue weighted by Gasteiger charge is -2.41. The maximum absolute atomic E-state index is 5.84. The number of rotatable bonds is 10. The molecule has 20 heavy (non-hydrogen) atoms. The largest absolute Gasteiger partial charge is 0.406 e. The molecular weight excluding hydrogens is 264 g/mol. The highest BCUT2D eigenvalue weighted by Crippen LogP contribution is 2.24. The zero-order valence-electron chi connectivity index (χ0n) is 13.9. The Morgan fingerprint density at radius 2 is 2.00 bits per heavy atom. The van der Waals surface area contributed by atoms with E-state index < -0.39 is 8.48 Å². The summed E-state index contributed by atoms with van der Waals surface area (Å²) >= 11 is 0. The maximum atomic E-state index is 5.84. The summed E-state index contributed by atoms with van der Waals surface area (Å²) in [4.78, 5) is 4.58. The third-order valence-corrected chi connectivity index (χ3v) is 8.44. The molecule has 1 heterocycles. The van der Waals surface area contributed by atoms with Gasteiger partial charge in [0.15, 0.2) is 0 Å². The van der Waals surface area contributed by atoms with Crippen LogP contribution in [-0.2, 0) is 4.43 Å². The van der Waals surface area contributed by atoms with Crippen molar-refractivity contribution in [1.82, 2.24) is 4.57 Å². The van der Waals surface area contributed by atoms with E-state index in [1.807, 2.05) is 7.11 Å². The maximum Gasteiger partial charge on any atom is 0.267 e. The second-order valence-corrected chi connectivity index (χ2v) is 10.0. The summed E-state index contributed by atoms with van der Waals surface area (Å²) in [5.74, 6) is 0. The predicted octanol–water partition coefficient (Wildman–Crippen LogP) is 4.23. The Balaban J connectivity index is 2.10. The Morgan fingerprint density at radius 3 is 2.75 bits per heavy atom. The van der Waals surface area contributed by atoms with Crippen LogP contribution in [-0.4, -0.2) is 46.0 Å². The minimum Gasteiger partial charge on any atom is -0.406 e. The molecule has 0 N–H and O–H groups in total. The highest BCUT2D eigenvalue weighted by Gasteiger charge is 2.37. The van der Waals surface area contributed by atoms with Crippen LogP contribution in [0.1, 0.15) is 58.3 Å². The monoisotopic (exact) mass is 298 g/mol. The number of nitrogens with zero attached hydrogens (tertiary/aromatic N) is 2. The number of aliphatic imine (C=N–C) groups is 1. The fraction of sp³-hybridized carbons (Fsp3) is 0.938. The van der Waals surface area contributed by atoms with E-state index >= 15 is 0 Å². The van der Waals surface area contributed by atoms with Gasteiger partial charge in [-0.15, -0.1) is 0 Å². The molecule has 0 aromatic carbocycles. The van der Waals surface area contributed by atoms with E-state index in [0.717, 1.165) is 19.5 Å². The summed E-state index contributed by atoms with van der Waals surface area (Å²) in [6.07, 6.45) is 12.7. The fourth-order valence-electron chi connectivity index (χ4n) is 2.93. The molecule has 4 heteroatoms. The van der Waals surface area contributed by atoms with Gasteiger partial charge in [-0.05, 0) is 44.6 Å². The normalized spacial score (nSPS) is 24.6. The molecule has 0 aliphatic carbocycles. The molecule has 0 spiro atoms. The van der Waals surface area contributed by atoms with Gasteiger partial charge in [0.05, 0.1) is 6.54 Å². The Labute approximate surface area is 127 Å². The first kappa shape index (κ1) is 17.9. The van der Waals surface area contributed by atoms with Crippen molar-refractivity contribution in [3.05, 3.63) is 0 Å². The van der Waals surface area contributed by atoms with Crippen LogP contribution in [0.4, 0.5) is 0 Å². The molecule has 3 nitrogen and oxygen atoms in total. The van der Waals surface area contributed by atoms with Crippen LogP contribution >= 0.6 is 0 Å². The molecule has 1 saturated heterocycles. The molecule has 1 aliphatic heterocycles. The van der Waals surface area contributed by atoms with Crippen LogP contribution in [0, 0.1) is 0 Å². The van der Waals surface area contributed by atoms with Crippen molar-refractivity contribution < 1.29 is 4.43 Å². The van der Waals surface area contributed by atoms with Crippen LogP contribution in [0.5, 0.6) is 0 Å². The predicted molar refractivity (Wildman–Crippen MR) is 91.0 cm³/mol. The van der Waals surface area contributed by atoms with Gasteiger partial charge in [-0.1, -0.05) is 39.0 Å². The van der Waals surface area contributed by atoms with Crippen molar-refractivity contribution in [2.45, 2.75) is 70.9 Å². The van der Waals surface area contributed by atoms with Crippen molar-refractivity contribution in [2.75, 3.05) is 26.7 Å². The number of hydrogen-bond donors (Lipinski definition) is 0. The lowest BCUT2D eigenvalue weighted by molar-refractivity contribution is 0.268. The Kier molecular flexibility index (Phi) is 9.39. The topological polar surface area (TPSA) is 24.8 Å². The Bertz CT molecular complexity index is 273. The molecule has 1 rings (SSSR count). The van der Waals surface area contributed by atoms with E-state index in [4.69, 9.17) is 4.43 Å². The highest BCUT2D eigenvalue weighted by molar-refractivity contribution is 6.69. The first-order valence-corrected chi connectivity index (χ1v) is 11.1. The molecule has 0 saturated carbocycles. The number of unbranched alkanes of at least 4 members (excludes halogenated alkanes) is 5. The molecule has 0 amide bonds. The second-order valence-electron chi connectivity index (χ2n) is 6.11. The minimum absolute atomic E-state index is 0.945. The van der Waals surface area contributed by atoms with Gasteiger partial charge in [-0.3, -0.25) is 4.99 Å². The first-order chi connectivity index (χ1) is 9.73. The van der Waals surface area contributed by atoms with E-state index in [1.54, 1.807) is 0 Å². The standard InChI is InChI=1S/C16H34N2OSi/c1-4-5-6-7-8-9-12-17-13-15-18-14-10-11-16-20(18,3)19-2/h12H,4-11,13-16H2,1-3H3. The van der Waals surface area contributed by atoms with Crippen LogP contribution in [0.2, 0.25) is 12.6 Å². The van der Waals surface area contributed by atoms with E-state index in [-0.39, 0.29) is 0 Å². The van der Waals surface area contributed by atoms with Crippen molar-refractivity contribution >= 4 is 14.7 Å². The third-order valence-electron chi connectivity index (χ3n) is 4.49. The van der Waals surface area contributed by atoms with Gasteiger partial charge >= 0.3 is 0 Å². The van der Waals surface area contributed by atoms with E-state index in [1.165, 1.54) is 57.5 Å². The van der Waals surface area contributed by atoms with Gasteiger partial charge in [-0.2, -0.15) is 0 Å². The van der Waals surface area contributed by atoms with Crippen molar-refractivity contribution in [2.24, 2.45) is 4.99 Å². The van der Waals surface area contributed by atoms with Crippen molar-refractivity contribution in [3.8, 4) is 0 Å². The number of hydrogen-bond acceptors (Lipinski definition) is 3. The van der Waals surface area contributed by atoms with Crippen LogP contribution in [0.25, 0.3) is 0 Å². The van der Waals surface area contributed by atoms with Crippen LogP contribution in [0.3, 0.4) is 0 Å². The lowest BCUT2D eigenvalue weighted by Crippen LogP contribution is -2.56. The summed E-state index contributed by atoms with van der Waals surface area (Å²) in [6, 6.07) is 1.28. The van der Waals surface area contributed by atoms with Gasteiger partial charge in [0.1, 0.15) is 0 Å². The molecule has 1 atom stereocenters. The molecule has 0 aromatic rings. The molecule has 1 unspecified atom stereocenters. The SMILES string of the molecule is CCCCCCCC=NCCN1CCCC[Si]1(C)OC. The van der Waals surface area contributed by atoms with Crippen molar-refractivity contribution in [3.63, 3.8) is 0 Å². The average Bonchev–Trinajstić information content (AvgIpc) is 2.47. The Hall–Kier alpha value is -0.193. The molecule has 1 aliphatic rings. The zero-order valence-corrected chi connectivity index (χ0v) is 14.9. The van der Waals surface area contributed by atoms with Gasteiger partial charge in [0.25, 0.3) is 8.48 Å². The molecule has 118 valence electrons. The fourth-order valence-corrected chi connectivity index (χ4v) is 5.82. The van der Waals surface area contributed by atoms with Crippen LogP contribution in [0.15, 0.2) is 4.99 Å². The van der Waals surface area contributed by atoms with Gasteiger partial charge in [-0.25, -0.2) is 0 Å². The first-order valence-electron chi connectivity index (χ1n) is 8.51. The van der Waals surface area contributed by atoms with Gasteiger partial charge in [0.2, 0.25) is 0 Å². The van der Waals surface area contributed by atoms with E-state index in [9.17, 15) is 0 Å². The quantitative estimate of drug-likeness (QED) is 0.342. The van der Waals surface area contributed by atoms with Crippen molar-refractivity contribution in [1.29, 1.82) is 0 Å². The summed E-state index contributed by atoms with van der Waals surface area (Å²) in [5, 5.41) is 0. The van der Waals surface area contributed by atoms with E-state index in [0.29, 0.717) is 0 Å². The molecule has 0 bridgehead atoms. The summed E-state index contributed by atoms with van der Waals surface area (Å²) in [5.41, 5.74) is 0. The summed E-state index contributed by atoms with van der Waals surface area (Å²) in [7, 11) is 0.322. The lowest BCUT2D eigenvalue weighted by atomic mass is 10.1. The molecule has 1 fully saturated rings. The van der Waals surface area contributed by atoms with E-state index in [2.05, 4.69) is 29.2 Å². The molecular formula is C16H34N2OSi. The van der Waals surface area contributed by atoms with Gasteiger partial charge in [0, 0.05) is 13.7 Å². The Morgan fingerprint density at radius 1 is 1.20 bits per heavy atom. The highest BCUT2D eigenvalue weighted by atomic mass is 28.4. The minimum atomic E-state index is -1.57. The summed E-state index contributed by atoms with van der Waals surface area (Å²) in [6.45, 7) is 7.86. The summed E-state index contributed by atoms with van der Waals surface area (Å²) < 4.78 is 8.43. The molecule has 0 aromatic heterocycles.